The summed E-state index contributed by atoms with van der Waals surface area (Å²) in [6.45, 7) is 9.19. The molecule has 1 heterocycles. The van der Waals surface area contributed by atoms with Crippen LogP contribution in [0.2, 0.25) is 5.02 Å². The van der Waals surface area contributed by atoms with Crippen molar-refractivity contribution >= 4 is 51.4 Å². The molecule has 0 saturated heterocycles. The molecule has 2 aromatic carbocycles. The van der Waals surface area contributed by atoms with Crippen molar-refractivity contribution in [1.29, 1.82) is 0 Å². The number of esters is 1. The van der Waals surface area contributed by atoms with Gasteiger partial charge in [0.2, 0.25) is 0 Å². The molecule has 0 saturated carbocycles. The first-order valence-corrected chi connectivity index (χ1v) is 12.2. The fourth-order valence-corrected chi connectivity index (χ4v) is 4.46. The van der Waals surface area contributed by atoms with Gasteiger partial charge in [-0.25, -0.2) is 4.79 Å². The monoisotopic (exact) mass is 514 g/mol. The van der Waals surface area contributed by atoms with Crippen LogP contribution in [0.15, 0.2) is 42.5 Å². The quantitative estimate of drug-likeness (QED) is 0.351. The van der Waals surface area contributed by atoms with Crippen molar-refractivity contribution in [2.45, 2.75) is 40.7 Å². The maximum Gasteiger partial charge on any atom is 0.341 e. The van der Waals surface area contributed by atoms with Crippen LogP contribution in [0.25, 0.3) is 0 Å². The Kier molecular flexibility index (Phi) is 8.53. The van der Waals surface area contributed by atoms with E-state index >= 15 is 0 Å². The topological polar surface area (TPSA) is 93.7 Å². The zero-order valence-corrected chi connectivity index (χ0v) is 21.7. The maximum atomic E-state index is 12.8. The number of thiophene rings is 1. The number of halogens is 1. The normalized spacial score (nSPS) is 11.5. The minimum atomic E-state index is -0.780. The Hall–Kier alpha value is -3.36. The second-order valence-corrected chi connectivity index (χ2v) is 9.56. The number of carbonyl (C=O) groups excluding carboxylic acids is 3. The molecule has 0 aliphatic heterocycles. The van der Waals surface area contributed by atoms with Crippen molar-refractivity contribution in [3.05, 3.63) is 74.6 Å². The number of ether oxygens (including phenoxy) is 2. The molecule has 1 aromatic heterocycles. The van der Waals surface area contributed by atoms with Crippen LogP contribution in [0.5, 0.6) is 5.75 Å². The summed E-state index contributed by atoms with van der Waals surface area (Å²) < 4.78 is 10.9. The van der Waals surface area contributed by atoms with Gasteiger partial charge in [0.25, 0.3) is 11.8 Å². The number of aryl methyl sites for hydroxylation is 2. The average Bonchev–Trinajstić information content (AvgIpc) is 3.09. The maximum absolute atomic E-state index is 12.8. The van der Waals surface area contributed by atoms with E-state index in [1.165, 1.54) is 11.3 Å². The number of amides is 2. The van der Waals surface area contributed by atoms with Gasteiger partial charge in [-0.15, -0.1) is 11.3 Å². The van der Waals surface area contributed by atoms with Crippen LogP contribution in [0.4, 0.5) is 10.7 Å². The minimum Gasteiger partial charge on any atom is -0.481 e. The smallest absolute Gasteiger partial charge is 0.341 e. The van der Waals surface area contributed by atoms with Crippen LogP contribution in [-0.4, -0.2) is 30.5 Å². The summed E-state index contributed by atoms with van der Waals surface area (Å²) in [5, 5.41) is 6.59. The molecule has 0 fully saturated rings. The van der Waals surface area contributed by atoms with E-state index in [0.717, 1.165) is 16.0 Å². The summed E-state index contributed by atoms with van der Waals surface area (Å²) in [5.74, 6) is -0.728. The fourth-order valence-electron chi connectivity index (χ4n) is 3.25. The van der Waals surface area contributed by atoms with Crippen LogP contribution in [-0.2, 0) is 9.53 Å². The van der Waals surface area contributed by atoms with Crippen molar-refractivity contribution in [3.8, 4) is 5.75 Å². The SMILES string of the molecule is CCOC(=O)c1c(NC(=O)c2ccc(OC(C)C(=O)Nc3cc(Cl)ccc3C)cc2)sc(C)c1C. The summed E-state index contributed by atoms with van der Waals surface area (Å²) in [6.07, 6.45) is -0.780. The van der Waals surface area contributed by atoms with Gasteiger partial charge < -0.3 is 20.1 Å². The lowest BCUT2D eigenvalue weighted by Gasteiger charge is -2.16. The molecule has 3 rings (SSSR count). The first kappa shape index (κ1) is 26.2. The molecule has 2 N–H and O–H groups in total. The van der Waals surface area contributed by atoms with Crippen LogP contribution >= 0.6 is 22.9 Å². The molecule has 9 heteroatoms. The van der Waals surface area contributed by atoms with Crippen LogP contribution in [0.3, 0.4) is 0 Å². The third kappa shape index (κ3) is 6.41. The Morgan fingerprint density at radius 3 is 2.37 bits per heavy atom. The highest BCUT2D eigenvalue weighted by molar-refractivity contribution is 7.16. The number of nitrogens with one attached hydrogen (secondary N) is 2. The first-order valence-electron chi connectivity index (χ1n) is 11.0. The molecule has 0 spiro atoms. The van der Waals surface area contributed by atoms with E-state index in [4.69, 9.17) is 21.1 Å². The predicted molar refractivity (Wildman–Crippen MR) is 139 cm³/mol. The summed E-state index contributed by atoms with van der Waals surface area (Å²) in [5.41, 5.74) is 3.03. The molecule has 0 aliphatic rings. The van der Waals surface area contributed by atoms with Gasteiger partial charge in [0, 0.05) is 21.2 Å². The molecular weight excluding hydrogens is 488 g/mol. The molecule has 35 heavy (non-hydrogen) atoms. The summed E-state index contributed by atoms with van der Waals surface area (Å²) in [4.78, 5) is 38.6. The number of hydrogen-bond donors (Lipinski definition) is 2. The molecule has 184 valence electrons. The summed E-state index contributed by atoms with van der Waals surface area (Å²) >= 11 is 7.34. The van der Waals surface area contributed by atoms with Gasteiger partial charge in [0.05, 0.1) is 12.2 Å². The summed E-state index contributed by atoms with van der Waals surface area (Å²) in [7, 11) is 0. The Balaban J connectivity index is 1.65. The Morgan fingerprint density at radius 1 is 1.03 bits per heavy atom. The molecule has 2 amide bonds. The Morgan fingerprint density at radius 2 is 1.71 bits per heavy atom. The van der Waals surface area contributed by atoms with Crippen molar-refractivity contribution in [2.24, 2.45) is 0 Å². The molecule has 3 aromatic rings. The molecular formula is C26H27ClN2O5S. The summed E-state index contributed by atoms with van der Waals surface area (Å²) in [6, 6.07) is 11.7. The molecule has 7 nitrogen and oxygen atoms in total. The third-order valence-electron chi connectivity index (χ3n) is 5.35. The van der Waals surface area contributed by atoms with E-state index in [1.54, 1.807) is 50.2 Å². The van der Waals surface area contributed by atoms with Crippen molar-refractivity contribution < 1.29 is 23.9 Å². The van der Waals surface area contributed by atoms with Crippen molar-refractivity contribution in [2.75, 3.05) is 17.2 Å². The molecule has 0 bridgehead atoms. The zero-order valence-electron chi connectivity index (χ0n) is 20.2. The minimum absolute atomic E-state index is 0.247. The number of carbonyl (C=O) groups is 3. The van der Waals surface area contributed by atoms with Crippen molar-refractivity contribution in [3.63, 3.8) is 0 Å². The predicted octanol–water partition coefficient (Wildman–Crippen LogP) is 6.16. The van der Waals surface area contributed by atoms with E-state index < -0.39 is 12.1 Å². The lowest BCUT2D eigenvalue weighted by molar-refractivity contribution is -0.122. The first-order chi connectivity index (χ1) is 16.6. The van der Waals surface area contributed by atoms with Gasteiger partial charge in [0.1, 0.15) is 10.8 Å². The molecule has 0 radical (unpaired) electrons. The number of hydrogen-bond acceptors (Lipinski definition) is 6. The highest BCUT2D eigenvalue weighted by Gasteiger charge is 2.22. The second kappa shape index (κ2) is 11.4. The largest absolute Gasteiger partial charge is 0.481 e. The standard InChI is InChI=1S/C26H27ClN2O5S/c1-6-33-26(32)22-15(3)17(5)35-25(22)29-24(31)18-8-11-20(12-9-18)34-16(4)23(30)28-21-13-19(27)10-7-14(21)2/h7-13,16H,6H2,1-5H3,(H,28,30)(H,29,31). The molecule has 1 unspecified atom stereocenters. The molecule has 0 aliphatic carbocycles. The van der Waals surface area contributed by atoms with E-state index in [2.05, 4.69) is 10.6 Å². The number of anilines is 2. The van der Waals surface area contributed by atoms with E-state index in [-0.39, 0.29) is 18.4 Å². The van der Waals surface area contributed by atoms with Gasteiger partial charge >= 0.3 is 5.97 Å². The van der Waals surface area contributed by atoms with Crippen LogP contribution in [0.1, 0.15) is 50.6 Å². The van der Waals surface area contributed by atoms with Crippen LogP contribution < -0.4 is 15.4 Å². The van der Waals surface area contributed by atoms with E-state index in [0.29, 0.717) is 32.6 Å². The zero-order chi connectivity index (χ0) is 25.7. The Labute approximate surface area is 213 Å². The van der Waals surface area contributed by atoms with Gasteiger partial charge in [-0.3, -0.25) is 9.59 Å². The highest BCUT2D eigenvalue weighted by atomic mass is 35.5. The second-order valence-electron chi connectivity index (χ2n) is 7.89. The third-order valence-corrected chi connectivity index (χ3v) is 6.71. The average molecular weight is 515 g/mol. The van der Waals surface area contributed by atoms with Gasteiger partial charge in [-0.2, -0.15) is 0 Å². The lowest BCUT2D eigenvalue weighted by atomic mass is 10.1. The van der Waals surface area contributed by atoms with Crippen molar-refractivity contribution in [1.82, 2.24) is 0 Å². The molecule has 1 atom stereocenters. The van der Waals surface area contributed by atoms with E-state index in [1.807, 2.05) is 26.8 Å². The van der Waals surface area contributed by atoms with Gasteiger partial charge in [0.15, 0.2) is 6.10 Å². The Bertz CT molecular complexity index is 1250. The van der Waals surface area contributed by atoms with Gasteiger partial charge in [-0.1, -0.05) is 17.7 Å². The number of benzene rings is 2. The van der Waals surface area contributed by atoms with Crippen LogP contribution in [0, 0.1) is 20.8 Å². The highest BCUT2D eigenvalue weighted by Crippen LogP contribution is 2.33. The van der Waals surface area contributed by atoms with E-state index in [9.17, 15) is 14.4 Å². The fraction of sp³-hybridized carbons (Fsp3) is 0.269. The number of rotatable bonds is 8. The van der Waals surface area contributed by atoms with Gasteiger partial charge in [-0.05, 0) is 82.1 Å². The lowest BCUT2D eigenvalue weighted by Crippen LogP contribution is -2.30.